The number of aryl methyl sites for hydroxylation is 3. The van der Waals surface area contributed by atoms with Crippen LogP contribution in [-0.4, -0.2) is 10.5 Å². The van der Waals surface area contributed by atoms with Crippen molar-refractivity contribution < 1.29 is 9.90 Å². The van der Waals surface area contributed by atoms with E-state index >= 15 is 0 Å². The van der Waals surface area contributed by atoms with Crippen molar-refractivity contribution in [1.82, 2.24) is 4.57 Å². The van der Waals surface area contributed by atoms with Gasteiger partial charge in [-0.1, -0.05) is 13.0 Å². The molecule has 0 amide bonds. The third-order valence-corrected chi connectivity index (χ3v) is 3.12. The summed E-state index contributed by atoms with van der Waals surface area (Å²) < 4.78 is 2.03. The first kappa shape index (κ1) is 11.7. The van der Waals surface area contributed by atoms with Crippen LogP contribution >= 0.6 is 0 Å². The molecule has 3 nitrogen and oxygen atoms in total. The summed E-state index contributed by atoms with van der Waals surface area (Å²) in [5.74, 6) is -1.00. The fourth-order valence-electron chi connectivity index (χ4n) is 2.18. The first-order chi connectivity index (χ1) is 8.11. The lowest BCUT2D eigenvalue weighted by Crippen LogP contribution is -2.23. The molecule has 0 unspecified atom stereocenters. The third-order valence-electron chi connectivity index (χ3n) is 3.12. The summed E-state index contributed by atoms with van der Waals surface area (Å²) in [6.45, 7) is 4.60. The van der Waals surface area contributed by atoms with Gasteiger partial charge in [0, 0.05) is 35.5 Å². The van der Waals surface area contributed by atoms with Gasteiger partial charge in [-0.2, -0.15) is 0 Å². The highest BCUT2D eigenvalue weighted by Gasteiger charge is 2.05. The summed E-state index contributed by atoms with van der Waals surface area (Å²) in [4.78, 5) is 10.5. The Bertz CT molecular complexity index is 555. The minimum atomic E-state index is -1.00. The van der Waals surface area contributed by atoms with Crippen LogP contribution in [0.2, 0.25) is 0 Å². The minimum Gasteiger partial charge on any atom is -0.550 e. The molecular weight excluding hydrogens is 214 g/mol. The molecule has 1 aromatic heterocycles. The van der Waals surface area contributed by atoms with E-state index in [2.05, 4.69) is 31.2 Å². The number of carbonyl (C=O) groups is 1. The van der Waals surface area contributed by atoms with Crippen LogP contribution in [0.25, 0.3) is 10.9 Å². The maximum absolute atomic E-state index is 10.5. The molecule has 0 saturated heterocycles. The number of carbonyl (C=O) groups excluding carboxylic acids is 1. The summed E-state index contributed by atoms with van der Waals surface area (Å²) in [6.07, 6.45) is 1.07. The Kier molecular flexibility index (Phi) is 3.18. The molecule has 0 bridgehead atoms. The van der Waals surface area contributed by atoms with Gasteiger partial charge in [0.1, 0.15) is 0 Å². The second-order valence-corrected chi connectivity index (χ2v) is 4.31. The van der Waals surface area contributed by atoms with Crippen LogP contribution in [0, 0.1) is 6.92 Å². The number of aliphatic carboxylic acids is 1. The van der Waals surface area contributed by atoms with Crippen LogP contribution in [0.4, 0.5) is 0 Å². The van der Waals surface area contributed by atoms with E-state index in [0.717, 1.165) is 17.6 Å². The minimum absolute atomic E-state index is 0.0557. The lowest BCUT2D eigenvalue weighted by Gasteiger charge is -2.09. The van der Waals surface area contributed by atoms with Gasteiger partial charge in [0.05, 0.1) is 0 Å². The van der Waals surface area contributed by atoms with E-state index in [0.29, 0.717) is 6.54 Å². The van der Waals surface area contributed by atoms with E-state index in [1.807, 2.05) is 11.5 Å². The molecule has 17 heavy (non-hydrogen) atoms. The molecular formula is C14H16NO2-. The number of aromatic nitrogens is 1. The Hall–Kier alpha value is -1.77. The Morgan fingerprint density at radius 2 is 2.12 bits per heavy atom. The molecule has 0 saturated carbocycles. The molecule has 90 valence electrons. The van der Waals surface area contributed by atoms with Gasteiger partial charge in [-0.15, -0.1) is 0 Å². The summed E-state index contributed by atoms with van der Waals surface area (Å²) in [7, 11) is 0. The number of carboxylic acid groups (broad SMARTS) is 1. The van der Waals surface area contributed by atoms with Crippen LogP contribution in [-0.2, 0) is 17.8 Å². The fraction of sp³-hybridized carbons (Fsp3) is 0.357. The zero-order valence-electron chi connectivity index (χ0n) is 10.2. The SMILES string of the molecule is CCc1ccc2c(c1)cc(C)n2CCC(=O)[O-]. The largest absolute Gasteiger partial charge is 0.550 e. The van der Waals surface area contributed by atoms with E-state index < -0.39 is 5.97 Å². The second-order valence-electron chi connectivity index (χ2n) is 4.31. The topological polar surface area (TPSA) is 45.1 Å². The summed E-state index contributed by atoms with van der Waals surface area (Å²) in [5.41, 5.74) is 3.49. The van der Waals surface area contributed by atoms with Crippen molar-refractivity contribution in [3.8, 4) is 0 Å². The van der Waals surface area contributed by atoms with Gasteiger partial charge in [0.2, 0.25) is 0 Å². The summed E-state index contributed by atoms with van der Waals surface area (Å²) in [6, 6.07) is 8.43. The first-order valence-electron chi connectivity index (χ1n) is 5.90. The number of hydrogen-bond acceptors (Lipinski definition) is 2. The highest BCUT2D eigenvalue weighted by Crippen LogP contribution is 2.21. The molecule has 3 heteroatoms. The lowest BCUT2D eigenvalue weighted by molar-refractivity contribution is -0.305. The summed E-state index contributed by atoms with van der Waals surface area (Å²) >= 11 is 0. The van der Waals surface area contributed by atoms with Crippen molar-refractivity contribution in [2.45, 2.75) is 33.2 Å². The predicted octanol–water partition coefficient (Wildman–Crippen LogP) is 1.65. The van der Waals surface area contributed by atoms with E-state index in [9.17, 15) is 9.90 Å². The Balaban J connectivity index is 2.41. The molecule has 0 fully saturated rings. The van der Waals surface area contributed by atoms with Crippen LogP contribution in [0.1, 0.15) is 24.6 Å². The van der Waals surface area contributed by atoms with Crippen LogP contribution in [0.15, 0.2) is 24.3 Å². The number of carboxylic acids is 1. The molecule has 0 aliphatic carbocycles. The number of hydrogen-bond donors (Lipinski definition) is 0. The molecule has 0 N–H and O–H groups in total. The monoisotopic (exact) mass is 230 g/mol. The van der Waals surface area contributed by atoms with Crippen LogP contribution in [0.3, 0.4) is 0 Å². The molecule has 0 spiro atoms. The van der Waals surface area contributed by atoms with Crippen LogP contribution in [0.5, 0.6) is 0 Å². The lowest BCUT2D eigenvalue weighted by atomic mass is 10.1. The van der Waals surface area contributed by atoms with Gasteiger partial charge >= 0.3 is 0 Å². The van der Waals surface area contributed by atoms with E-state index in [1.54, 1.807) is 0 Å². The van der Waals surface area contributed by atoms with Crippen LogP contribution < -0.4 is 5.11 Å². The normalized spacial score (nSPS) is 10.9. The van der Waals surface area contributed by atoms with Gasteiger partial charge < -0.3 is 14.5 Å². The van der Waals surface area contributed by atoms with E-state index in [1.165, 1.54) is 10.9 Å². The first-order valence-corrected chi connectivity index (χ1v) is 5.90. The molecule has 0 aliphatic rings. The maximum atomic E-state index is 10.5. The van der Waals surface area contributed by atoms with Crippen molar-refractivity contribution in [2.24, 2.45) is 0 Å². The van der Waals surface area contributed by atoms with Gasteiger partial charge in [0.25, 0.3) is 0 Å². The van der Waals surface area contributed by atoms with Gasteiger partial charge in [-0.3, -0.25) is 0 Å². The third kappa shape index (κ3) is 2.33. The van der Waals surface area contributed by atoms with Crippen molar-refractivity contribution in [3.05, 3.63) is 35.5 Å². The van der Waals surface area contributed by atoms with Gasteiger partial charge in [-0.05, 0) is 37.1 Å². The molecule has 2 rings (SSSR count). The molecule has 0 aliphatic heterocycles. The van der Waals surface area contributed by atoms with Gasteiger partial charge in [0.15, 0.2) is 0 Å². The highest BCUT2D eigenvalue weighted by molar-refractivity contribution is 5.82. The van der Waals surface area contributed by atoms with Gasteiger partial charge in [-0.25, -0.2) is 0 Å². The predicted molar refractivity (Wildman–Crippen MR) is 65.7 cm³/mol. The zero-order chi connectivity index (χ0) is 12.4. The molecule has 0 radical (unpaired) electrons. The Morgan fingerprint density at radius 3 is 2.76 bits per heavy atom. The number of fused-ring (bicyclic) bond motifs is 1. The quantitative estimate of drug-likeness (QED) is 0.801. The zero-order valence-corrected chi connectivity index (χ0v) is 10.2. The molecule has 1 aromatic carbocycles. The molecule has 0 atom stereocenters. The smallest absolute Gasteiger partial charge is 0.0482 e. The molecule has 1 heterocycles. The average molecular weight is 230 g/mol. The standard InChI is InChI=1S/C14H17NO2/c1-3-11-4-5-13-12(9-11)8-10(2)15(13)7-6-14(16)17/h4-5,8-9H,3,6-7H2,1-2H3,(H,16,17)/p-1. The van der Waals surface area contributed by atoms with Crippen molar-refractivity contribution in [2.75, 3.05) is 0 Å². The van der Waals surface area contributed by atoms with Crippen molar-refractivity contribution in [3.63, 3.8) is 0 Å². The highest BCUT2D eigenvalue weighted by atomic mass is 16.4. The second kappa shape index (κ2) is 4.62. The maximum Gasteiger partial charge on any atom is 0.0482 e. The molecule has 2 aromatic rings. The Labute approximate surface area is 101 Å². The summed E-state index contributed by atoms with van der Waals surface area (Å²) in [5, 5.41) is 11.7. The average Bonchev–Trinajstić information content (AvgIpc) is 2.60. The van der Waals surface area contributed by atoms with E-state index in [4.69, 9.17) is 0 Å². The number of nitrogens with zero attached hydrogens (tertiary/aromatic N) is 1. The van der Waals surface area contributed by atoms with Crippen molar-refractivity contribution >= 4 is 16.9 Å². The number of benzene rings is 1. The van der Waals surface area contributed by atoms with E-state index in [-0.39, 0.29) is 6.42 Å². The Morgan fingerprint density at radius 1 is 1.35 bits per heavy atom. The fourth-order valence-corrected chi connectivity index (χ4v) is 2.18. The van der Waals surface area contributed by atoms with Crippen molar-refractivity contribution in [1.29, 1.82) is 0 Å². The number of rotatable bonds is 4.